The van der Waals surface area contributed by atoms with E-state index in [0.29, 0.717) is 24.2 Å². The zero-order valence-electron chi connectivity index (χ0n) is 22.7. The number of sulfonamides is 1. The van der Waals surface area contributed by atoms with Crippen LogP contribution in [-0.2, 0) is 34.7 Å². The largest absolute Gasteiger partial charge is 0.507 e. The summed E-state index contributed by atoms with van der Waals surface area (Å²) in [7, 11) is 1.41. The van der Waals surface area contributed by atoms with Crippen molar-refractivity contribution < 1.29 is 32.6 Å². The first-order valence-electron chi connectivity index (χ1n) is 13.0. The average molecular weight is 569 g/mol. The van der Waals surface area contributed by atoms with Gasteiger partial charge in [0, 0.05) is 43.5 Å². The molecule has 2 aromatic rings. The predicted octanol–water partition coefficient (Wildman–Crippen LogP) is 1.21. The summed E-state index contributed by atoms with van der Waals surface area (Å²) in [5, 5.41) is 11.7. The molecule has 0 aliphatic carbocycles. The number of ketones is 1. The number of aliphatic hydroxyl groups is 1. The Morgan fingerprint density at radius 2 is 1.75 bits per heavy atom. The van der Waals surface area contributed by atoms with E-state index in [9.17, 15) is 27.9 Å². The Labute approximate surface area is 233 Å². The van der Waals surface area contributed by atoms with Crippen molar-refractivity contribution in [3.63, 3.8) is 0 Å². The summed E-state index contributed by atoms with van der Waals surface area (Å²) in [5.41, 5.74) is -1.31. The zero-order valence-corrected chi connectivity index (χ0v) is 23.5. The third-order valence-electron chi connectivity index (χ3n) is 7.64. The van der Waals surface area contributed by atoms with Crippen molar-refractivity contribution in [2.24, 2.45) is 0 Å². The van der Waals surface area contributed by atoms with Gasteiger partial charge < -0.3 is 24.5 Å². The molecule has 0 aromatic heterocycles. The number of morpholine rings is 1. The molecule has 0 radical (unpaired) electrons. The van der Waals surface area contributed by atoms with Gasteiger partial charge in [-0.05, 0) is 45.3 Å². The molecule has 2 fully saturated rings. The summed E-state index contributed by atoms with van der Waals surface area (Å²) in [4.78, 5) is 45.7. The molecule has 40 heavy (non-hydrogen) atoms. The molecular weight excluding hydrogens is 536 g/mol. The van der Waals surface area contributed by atoms with Crippen LogP contribution >= 0.6 is 0 Å². The van der Waals surface area contributed by atoms with E-state index in [2.05, 4.69) is 0 Å². The Morgan fingerprint density at radius 3 is 2.45 bits per heavy atom. The van der Waals surface area contributed by atoms with Crippen molar-refractivity contribution in [2.45, 2.75) is 16.9 Å². The molecule has 212 valence electrons. The molecule has 2 aromatic carbocycles. The molecule has 5 rings (SSSR count). The first-order chi connectivity index (χ1) is 19.0. The van der Waals surface area contributed by atoms with Crippen LogP contribution in [0.4, 0.5) is 5.69 Å². The number of ether oxygens (including phenoxy) is 1. The highest BCUT2D eigenvalue weighted by atomic mass is 32.2. The van der Waals surface area contributed by atoms with Gasteiger partial charge in [-0.25, -0.2) is 8.42 Å². The van der Waals surface area contributed by atoms with E-state index in [1.807, 2.05) is 19.0 Å². The smallest absolute Gasteiger partial charge is 0.296 e. The van der Waals surface area contributed by atoms with Gasteiger partial charge in [0.1, 0.15) is 5.76 Å². The molecule has 2 saturated heterocycles. The Morgan fingerprint density at radius 1 is 1.05 bits per heavy atom. The molecule has 3 heterocycles. The normalized spacial score (nSPS) is 23.1. The van der Waals surface area contributed by atoms with Crippen LogP contribution < -0.4 is 4.90 Å². The highest BCUT2D eigenvalue weighted by molar-refractivity contribution is 7.89. The van der Waals surface area contributed by atoms with Gasteiger partial charge in [0.25, 0.3) is 17.6 Å². The van der Waals surface area contributed by atoms with E-state index in [4.69, 9.17) is 4.74 Å². The number of aliphatic hydroxyl groups excluding tert-OH is 1. The Balaban J connectivity index is 1.69. The molecule has 0 bridgehead atoms. The van der Waals surface area contributed by atoms with Gasteiger partial charge in [-0.2, -0.15) is 4.31 Å². The SMILES string of the molecule is CN(C)CCCN1C(=O)C(=O)/C(=C(/O)c2cccc(S(=O)(=O)N3CCOCC3)c2)C12C(=O)N(C)c1ccccc12. The summed E-state index contributed by atoms with van der Waals surface area (Å²) in [6, 6.07) is 12.4. The van der Waals surface area contributed by atoms with Crippen molar-refractivity contribution in [3.05, 3.63) is 65.2 Å². The molecule has 1 atom stereocenters. The first kappa shape index (κ1) is 28.0. The van der Waals surface area contributed by atoms with Gasteiger partial charge in [0.05, 0.1) is 23.7 Å². The van der Waals surface area contributed by atoms with Gasteiger partial charge >= 0.3 is 0 Å². The summed E-state index contributed by atoms with van der Waals surface area (Å²) in [5.74, 6) is -3.04. The van der Waals surface area contributed by atoms with Crippen molar-refractivity contribution in [2.75, 3.05) is 65.4 Å². The maximum Gasteiger partial charge on any atom is 0.296 e. The van der Waals surface area contributed by atoms with Gasteiger partial charge in [-0.15, -0.1) is 0 Å². The first-order valence-corrected chi connectivity index (χ1v) is 14.5. The fraction of sp³-hybridized carbons (Fsp3) is 0.393. The van der Waals surface area contributed by atoms with Gasteiger partial charge in [0.15, 0.2) is 5.54 Å². The van der Waals surface area contributed by atoms with Crippen molar-refractivity contribution in [1.82, 2.24) is 14.1 Å². The van der Waals surface area contributed by atoms with Crippen molar-refractivity contribution >= 4 is 39.1 Å². The second-order valence-electron chi connectivity index (χ2n) is 10.3. The number of hydrogen-bond acceptors (Lipinski definition) is 8. The van der Waals surface area contributed by atoms with Crippen LogP contribution in [0.3, 0.4) is 0 Å². The van der Waals surface area contributed by atoms with E-state index in [-0.39, 0.29) is 48.9 Å². The minimum atomic E-state index is -3.92. The van der Waals surface area contributed by atoms with E-state index >= 15 is 0 Å². The minimum absolute atomic E-state index is 0.0137. The van der Waals surface area contributed by atoms with Gasteiger partial charge in [-0.1, -0.05) is 30.3 Å². The second-order valence-corrected chi connectivity index (χ2v) is 12.2. The monoisotopic (exact) mass is 568 g/mol. The summed E-state index contributed by atoms with van der Waals surface area (Å²) < 4.78 is 33.2. The molecule has 1 unspecified atom stereocenters. The lowest BCUT2D eigenvalue weighted by molar-refractivity contribution is -0.143. The lowest BCUT2D eigenvalue weighted by atomic mass is 9.82. The van der Waals surface area contributed by atoms with Gasteiger partial charge in [0.2, 0.25) is 10.0 Å². The fourth-order valence-corrected chi connectivity index (χ4v) is 7.15. The standard InChI is InChI=1S/C28H32N4O7S/c1-29(2)12-7-13-32-26(35)25(34)23(28(32)21-10-4-5-11-22(21)30(3)27(28)36)24(33)19-8-6-9-20(18-19)40(37,38)31-14-16-39-17-15-31/h4-6,8-11,18,33H,7,12-17H2,1-3H3/b24-23-. The highest BCUT2D eigenvalue weighted by Crippen LogP contribution is 2.53. The highest BCUT2D eigenvalue weighted by Gasteiger charge is 2.66. The fourth-order valence-electron chi connectivity index (χ4n) is 5.70. The molecular formula is C28H32N4O7S. The van der Waals surface area contributed by atoms with Crippen LogP contribution in [0.2, 0.25) is 0 Å². The summed E-state index contributed by atoms with van der Waals surface area (Å²) in [6.45, 7) is 1.62. The third-order valence-corrected chi connectivity index (χ3v) is 9.54. The average Bonchev–Trinajstić information content (AvgIpc) is 3.31. The van der Waals surface area contributed by atoms with Crippen molar-refractivity contribution in [3.8, 4) is 0 Å². The van der Waals surface area contributed by atoms with Crippen LogP contribution in [0, 0.1) is 0 Å². The van der Waals surface area contributed by atoms with E-state index < -0.39 is 38.9 Å². The lowest BCUT2D eigenvalue weighted by Gasteiger charge is -2.34. The third kappa shape index (κ3) is 4.22. The number of anilines is 1. The molecule has 11 nitrogen and oxygen atoms in total. The Kier molecular flexibility index (Phi) is 7.29. The van der Waals surface area contributed by atoms with E-state index in [1.165, 1.54) is 38.4 Å². The minimum Gasteiger partial charge on any atom is -0.507 e. The molecule has 3 aliphatic rings. The number of nitrogens with zero attached hydrogens (tertiary/aromatic N) is 4. The number of likely N-dealkylation sites (tertiary alicyclic amines) is 1. The van der Waals surface area contributed by atoms with Crippen LogP contribution in [0.15, 0.2) is 59.0 Å². The Hall–Kier alpha value is -3.58. The summed E-state index contributed by atoms with van der Waals surface area (Å²) >= 11 is 0. The second kappa shape index (κ2) is 10.4. The number of benzene rings is 2. The lowest BCUT2D eigenvalue weighted by Crippen LogP contribution is -2.51. The maximum atomic E-state index is 14.1. The molecule has 2 amide bonds. The molecule has 0 saturated carbocycles. The molecule has 12 heteroatoms. The number of likely N-dealkylation sites (N-methyl/N-ethyl adjacent to an activating group) is 1. The number of para-hydroxylation sites is 1. The molecule has 3 aliphatic heterocycles. The number of Topliss-reactive ketones (excluding diaryl/α,β-unsaturated/α-hetero) is 1. The summed E-state index contributed by atoms with van der Waals surface area (Å²) in [6.07, 6.45) is 0.480. The zero-order chi connectivity index (χ0) is 28.8. The van der Waals surface area contributed by atoms with Crippen LogP contribution in [0.5, 0.6) is 0 Å². The van der Waals surface area contributed by atoms with Crippen LogP contribution in [0.1, 0.15) is 17.5 Å². The number of carbonyl (C=O) groups excluding carboxylic acids is 3. The van der Waals surface area contributed by atoms with Crippen molar-refractivity contribution in [1.29, 1.82) is 0 Å². The van der Waals surface area contributed by atoms with Gasteiger partial charge in [-0.3, -0.25) is 14.4 Å². The number of carbonyl (C=O) groups is 3. The van der Waals surface area contributed by atoms with E-state index in [1.54, 1.807) is 31.3 Å². The topological polar surface area (TPSA) is 128 Å². The predicted molar refractivity (Wildman–Crippen MR) is 147 cm³/mol. The van der Waals surface area contributed by atoms with Crippen LogP contribution in [-0.4, -0.2) is 106 Å². The number of fused-ring (bicyclic) bond motifs is 2. The molecule has 1 N–H and O–H groups in total. The number of rotatable bonds is 7. The quantitative estimate of drug-likeness (QED) is 0.300. The Bertz CT molecular complexity index is 1510. The van der Waals surface area contributed by atoms with Crippen LogP contribution in [0.25, 0.3) is 5.76 Å². The number of amides is 2. The maximum absolute atomic E-state index is 14.1. The van der Waals surface area contributed by atoms with E-state index in [0.717, 1.165) is 0 Å². The number of hydrogen-bond donors (Lipinski definition) is 1. The molecule has 1 spiro atoms.